The summed E-state index contributed by atoms with van der Waals surface area (Å²) in [5.41, 5.74) is 0.408. The van der Waals surface area contributed by atoms with Gasteiger partial charge in [0, 0.05) is 25.4 Å². The fourth-order valence-electron chi connectivity index (χ4n) is 0.998. The van der Waals surface area contributed by atoms with Gasteiger partial charge in [0.15, 0.2) is 0 Å². The molecule has 3 heteroatoms. The Balaban J connectivity index is 2.72. The van der Waals surface area contributed by atoms with Gasteiger partial charge in [-0.3, -0.25) is 0 Å². The smallest absolute Gasteiger partial charge is 0.0945 e. The number of aliphatic hydroxyl groups is 1. The minimum atomic E-state index is -0.645. The Morgan fingerprint density at radius 1 is 1.64 bits per heavy atom. The van der Waals surface area contributed by atoms with Crippen molar-refractivity contribution in [3.8, 4) is 0 Å². The Labute approximate surface area is 66.7 Å². The molecule has 0 aliphatic carbocycles. The average molecular weight is 154 g/mol. The zero-order valence-electron chi connectivity index (χ0n) is 7.20. The Kier molecular flexibility index (Phi) is 2.00. The third-order valence-corrected chi connectivity index (χ3v) is 1.53. The predicted octanol–water partition coefficient (Wildman–Crippen LogP) is 0.733. The highest BCUT2D eigenvalue weighted by atomic mass is 16.3. The lowest BCUT2D eigenvalue weighted by Gasteiger charge is -2.16. The van der Waals surface area contributed by atoms with Crippen LogP contribution in [-0.4, -0.2) is 20.3 Å². The summed E-state index contributed by atoms with van der Waals surface area (Å²) in [6.07, 6.45) is 4.16. The number of hydrogen-bond donors (Lipinski definition) is 1. The summed E-state index contributed by atoms with van der Waals surface area (Å²) in [5.74, 6) is 0. The lowest BCUT2D eigenvalue weighted by molar-refractivity contribution is 0.0792. The number of nitrogens with zero attached hydrogens (tertiary/aromatic N) is 2. The van der Waals surface area contributed by atoms with Gasteiger partial charge in [-0.1, -0.05) is 0 Å². The first-order valence-corrected chi connectivity index (χ1v) is 3.66. The van der Waals surface area contributed by atoms with Crippen LogP contribution in [0.3, 0.4) is 0 Å². The Morgan fingerprint density at radius 3 is 2.64 bits per heavy atom. The van der Waals surface area contributed by atoms with Gasteiger partial charge >= 0.3 is 0 Å². The van der Waals surface area contributed by atoms with Crippen LogP contribution >= 0.6 is 0 Å². The number of imidazole rings is 1. The van der Waals surface area contributed by atoms with E-state index in [2.05, 4.69) is 4.98 Å². The van der Waals surface area contributed by atoms with E-state index in [1.807, 2.05) is 11.6 Å². The molecule has 0 saturated heterocycles. The van der Waals surface area contributed by atoms with Crippen molar-refractivity contribution in [2.75, 3.05) is 0 Å². The molecule has 0 fully saturated rings. The molecule has 0 unspecified atom stereocenters. The lowest BCUT2D eigenvalue weighted by Crippen LogP contribution is -2.23. The van der Waals surface area contributed by atoms with Crippen molar-refractivity contribution < 1.29 is 5.11 Å². The molecule has 0 amide bonds. The van der Waals surface area contributed by atoms with Crippen molar-refractivity contribution >= 4 is 0 Å². The van der Waals surface area contributed by atoms with E-state index in [0.717, 1.165) is 5.69 Å². The Morgan fingerprint density at radius 2 is 2.27 bits per heavy atom. The highest BCUT2D eigenvalue weighted by Gasteiger charge is 2.14. The summed E-state index contributed by atoms with van der Waals surface area (Å²) in [5, 5.41) is 9.47. The standard InChI is InChI=1S/C8H14N2O/c1-8(2,11)4-7-5-9-6-10(7)3/h5-6,11H,4H2,1-3H3. The van der Waals surface area contributed by atoms with E-state index >= 15 is 0 Å². The van der Waals surface area contributed by atoms with Crippen LogP contribution in [0.2, 0.25) is 0 Å². The molecule has 62 valence electrons. The third-order valence-electron chi connectivity index (χ3n) is 1.53. The number of aryl methyl sites for hydroxylation is 1. The molecule has 0 aromatic carbocycles. The van der Waals surface area contributed by atoms with Crippen molar-refractivity contribution in [2.24, 2.45) is 7.05 Å². The number of aromatic nitrogens is 2. The second-order valence-electron chi connectivity index (χ2n) is 3.49. The topological polar surface area (TPSA) is 38.0 Å². The van der Waals surface area contributed by atoms with Gasteiger partial charge in [0.2, 0.25) is 0 Å². The van der Waals surface area contributed by atoms with Crippen LogP contribution in [0.4, 0.5) is 0 Å². The maximum Gasteiger partial charge on any atom is 0.0945 e. The summed E-state index contributed by atoms with van der Waals surface area (Å²) in [4.78, 5) is 3.96. The maximum atomic E-state index is 9.47. The van der Waals surface area contributed by atoms with Crippen molar-refractivity contribution in [3.05, 3.63) is 18.2 Å². The number of hydrogen-bond acceptors (Lipinski definition) is 2. The highest BCUT2D eigenvalue weighted by Crippen LogP contribution is 2.10. The molecule has 0 bridgehead atoms. The van der Waals surface area contributed by atoms with E-state index < -0.39 is 5.60 Å². The predicted molar refractivity (Wildman–Crippen MR) is 43.2 cm³/mol. The van der Waals surface area contributed by atoms with Gasteiger partial charge in [-0.15, -0.1) is 0 Å². The van der Waals surface area contributed by atoms with Crippen LogP contribution in [0.1, 0.15) is 19.5 Å². The second-order valence-corrected chi connectivity index (χ2v) is 3.49. The maximum absolute atomic E-state index is 9.47. The normalized spacial score (nSPS) is 12.0. The molecular weight excluding hydrogens is 140 g/mol. The summed E-state index contributed by atoms with van der Waals surface area (Å²) in [7, 11) is 1.92. The van der Waals surface area contributed by atoms with E-state index in [9.17, 15) is 5.11 Å². The molecular formula is C8H14N2O. The van der Waals surface area contributed by atoms with Crippen LogP contribution < -0.4 is 0 Å². The van der Waals surface area contributed by atoms with E-state index in [0.29, 0.717) is 6.42 Å². The minimum absolute atomic E-state index is 0.642. The SMILES string of the molecule is Cn1cncc1CC(C)(C)O. The average Bonchev–Trinajstić information content (AvgIpc) is 2.12. The molecule has 0 aliphatic rings. The molecule has 3 nitrogen and oxygen atoms in total. The minimum Gasteiger partial charge on any atom is -0.390 e. The van der Waals surface area contributed by atoms with Gasteiger partial charge in [-0.2, -0.15) is 0 Å². The Hall–Kier alpha value is -0.830. The van der Waals surface area contributed by atoms with Crippen LogP contribution in [0, 0.1) is 0 Å². The zero-order chi connectivity index (χ0) is 8.48. The summed E-state index contributed by atoms with van der Waals surface area (Å²) in [6, 6.07) is 0. The van der Waals surface area contributed by atoms with E-state index in [-0.39, 0.29) is 0 Å². The molecule has 1 aromatic rings. The lowest BCUT2D eigenvalue weighted by atomic mass is 10.0. The molecule has 1 aromatic heterocycles. The molecule has 0 atom stereocenters. The van der Waals surface area contributed by atoms with E-state index in [4.69, 9.17) is 0 Å². The molecule has 0 radical (unpaired) electrons. The first-order chi connectivity index (χ1) is 4.99. The quantitative estimate of drug-likeness (QED) is 0.682. The molecule has 0 saturated carbocycles. The molecule has 11 heavy (non-hydrogen) atoms. The molecule has 1 heterocycles. The monoisotopic (exact) mass is 154 g/mol. The van der Waals surface area contributed by atoms with Gasteiger partial charge in [-0.05, 0) is 13.8 Å². The first-order valence-electron chi connectivity index (χ1n) is 3.66. The molecule has 1 N–H and O–H groups in total. The van der Waals surface area contributed by atoms with Crippen LogP contribution in [0.25, 0.3) is 0 Å². The third kappa shape index (κ3) is 2.35. The van der Waals surface area contributed by atoms with Crippen LogP contribution in [-0.2, 0) is 13.5 Å². The molecule has 1 rings (SSSR count). The van der Waals surface area contributed by atoms with E-state index in [1.54, 1.807) is 26.4 Å². The van der Waals surface area contributed by atoms with Gasteiger partial charge in [0.25, 0.3) is 0 Å². The second kappa shape index (κ2) is 2.66. The number of rotatable bonds is 2. The largest absolute Gasteiger partial charge is 0.390 e. The first kappa shape index (κ1) is 8.27. The summed E-state index contributed by atoms with van der Waals surface area (Å²) >= 11 is 0. The molecule has 0 spiro atoms. The summed E-state index contributed by atoms with van der Waals surface area (Å²) < 4.78 is 1.91. The van der Waals surface area contributed by atoms with Crippen LogP contribution in [0.15, 0.2) is 12.5 Å². The van der Waals surface area contributed by atoms with Crippen molar-refractivity contribution in [3.63, 3.8) is 0 Å². The van der Waals surface area contributed by atoms with Gasteiger partial charge in [0.05, 0.1) is 11.9 Å². The van der Waals surface area contributed by atoms with E-state index in [1.165, 1.54) is 0 Å². The zero-order valence-corrected chi connectivity index (χ0v) is 7.20. The molecule has 0 aliphatic heterocycles. The van der Waals surface area contributed by atoms with Crippen molar-refractivity contribution in [1.29, 1.82) is 0 Å². The fraction of sp³-hybridized carbons (Fsp3) is 0.625. The van der Waals surface area contributed by atoms with Crippen LogP contribution in [0.5, 0.6) is 0 Å². The summed E-state index contributed by atoms with van der Waals surface area (Å²) in [6.45, 7) is 3.58. The van der Waals surface area contributed by atoms with Gasteiger partial charge < -0.3 is 9.67 Å². The van der Waals surface area contributed by atoms with Gasteiger partial charge in [-0.25, -0.2) is 4.98 Å². The van der Waals surface area contributed by atoms with Crippen molar-refractivity contribution in [2.45, 2.75) is 25.9 Å². The Bertz CT molecular complexity index is 234. The highest BCUT2D eigenvalue weighted by molar-refractivity contribution is 5.01. The van der Waals surface area contributed by atoms with Crippen molar-refractivity contribution in [1.82, 2.24) is 9.55 Å². The van der Waals surface area contributed by atoms with Gasteiger partial charge in [0.1, 0.15) is 0 Å². The fourth-order valence-corrected chi connectivity index (χ4v) is 0.998.